The van der Waals surface area contributed by atoms with Gasteiger partial charge in [0.1, 0.15) is 4.88 Å². The van der Waals surface area contributed by atoms with Crippen molar-refractivity contribution in [3.05, 3.63) is 16.3 Å². The van der Waals surface area contributed by atoms with Crippen molar-refractivity contribution in [2.45, 2.75) is 12.5 Å². The topological polar surface area (TPSA) is 81.4 Å². The van der Waals surface area contributed by atoms with Gasteiger partial charge in [0.05, 0.1) is 18.7 Å². The highest BCUT2D eigenvalue weighted by molar-refractivity contribution is 7.12. The van der Waals surface area contributed by atoms with Crippen LogP contribution in [0.1, 0.15) is 16.1 Å². The maximum atomic E-state index is 11.6. The van der Waals surface area contributed by atoms with Gasteiger partial charge in [-0.1, -0.05) is 0 Å². The van der Waals surface area contributed by atoms with Gasteiger partial charge in [-0.3, -0.25) is 4.79 Å². The van der Waals surface area contributed by atoms with Crippen molar-refractivity contribution in [3.63, 3.8) is 0 Å². The van der Waals surface area contributed by atoms with Crippen molar-refractivity contribution in [1.29, 1.82) is 0 Å². The third-order valence-electron chi connectivity index (χ3n) is 2.47. The Labute approximate surface area is 96.6 Å². The summed E-state index contributed by atoms with van der Waals surface area (Å²) in [5, 5.41) is 4.42. The Bertz CT molecular complexity index is 429. The number of carbonyl (C=O) groups excluding carboxylic acids is 2. The first kappa shape index (κ1) is 11.1. The molecule has 86 valence electrons. The minimum absolute atomic E-state index is 0.0415. The lowest BCUT2D eigenvalue weighted by molar-refractivity contribution is -0.117. The highest BCUT2D eigenvalue weighted by Crippen LogP contribution is 2.31. The molecule has 1 aliphatic rings. The monoisotopic (exact) mass is 240 g/mol. The van der Waals surface area contributed by atoms with Gasteiger partial charge in [0.25, 0.3) is 0 Å². The van der Waals surface area contributed by atoms with Crippen LogP contribution in [-0.2, 0) is 9.53 Å². The van der Waals surface area contributed by atoms with Gasteiger partial charge in [0.2, 0.25) is 5.91 Å². The zero-order chi connectivity index (χ0) is 11.7. The van der Waals surface area contributed by atoms with Crippen molar-refractivity contribution < 1.29 is 14.3 Å². The summed E-state index contributed by atoms with van der Waals surface area (Å²) in [6.45, 7) is 0. The Morgan fingerprint density at radius 1 is 1.62 bits per heavy atom. The van der Waals surface area contributed by atoms with Crippen LogP contribution < -0.4 is 11.1 Å². The molecule has 3 N–H and O–H groups in total. The largest absolute Gasteiger partial charge is 0.465 e. The summed E-state index contributed by atoms with van der Waals surface area (Å²) >= 11 is 1.24. The van der Waals surface area contributed by atoms with Crippen molar-refractivity contribution in [2.75, 3.05) is 12.4 Å². The molecule has 0 radical (unpaired) electrons. The van der Waals surface area contributed by atoms with E-state index in [0.29, 0.717) is 17.0 Å². The lowest BCUT2D eigenvalue weighted by Gasteiger charge is -2.04. The van der Waals surface area contributed by atoms with E-state index in [2.05, 4.69) is 10.1 Å². The summed E-state index contributed by atoms with van der Waals surface area (Å²) in [5.41, 5.74) is 6.07. The average Bonchev–Trinajstić information content (AvgIpc) is 2.83. The van der Waals surface area contributed by atoms with Crippen molar-refractivity contribution in [1.82, 2.24) is 0 Å². The normalized spacial score (nSPS) is 22.6. The number of ether oxygens (including phenoxy) is 1. The minimum atomic E-state index is -0.439. The van der Waals surface area contributed by atoms with Crippen LogP contribution in [0.2, 0.25) is 0 Å². The second-order valence-electron chi connectivity index (χ2n) is 3.65. The molecule has 5 nitrogen and oxygen atoms in total. The van der Waals surface area contributed by atoms with E-state index in [4.69, 9.17) is 5.73 Å². The Balaban J connectivity index is 2.07. The number of thiophene rings is 1. The summed E-state index contributed by atoms with van der Waals surface area (Å²) in [6.07, 6.45) is 0.712. The van der Waals surface area contributed by atoms with Crippen LogP contribution in [0.25, 0.3) is 0 Å². The molecule has 1 heterocycles. The number of hydrogen-bond acceptors (Lipinski definition) is 5. The summed E-state index contributed by atoms with van der Waals surface area (Å²) < 4.78 is 4.61. The van der Waals surface area contributed by atoms with Crippen LogP contribution in [0.3, 0.4) is 0 Å². The number of nitrogens with one attached hydrogen (secondary N) is 1. The number of methoxy groups -OCH3 is 1. The molecule has 0 spiro atoms. The van der Waals surface area contributed by atoms with E-state index in [9.17, 15) is 9.59 Å². The SMILES string of the molecule is COC(=O)c1sccc1NC(=O)C1CC1N. The molecule has 2 atom stereocenters. The zero-order valence-electron chi connectivity index (χ0n) is 8.73. The molecule has 0 aliphatic heterocycles. The predicted molar refractivity (Wildman–Crippen MR) is 60.4 cm³/mol. The first-order chi connectivity index (χ1) is 7.63. The first-order valence-corrected chi connectivity index (χ1v) is 5.73. The van der Waals surface area contributed by atoms with E-state index in [-0.39, 0.29) is 17.9 Å². The van der Waals surface area contributed by atoms with Crippen LogP contribution >= 0.6 is 11.3 Å². The minimum Gasteiger partial charge on any atom is -0.465 e. The van der Waals surface area contributed by atoms with E-state index in [1.165, 1.54) is 18.4 Å². The van der Waals surface area contributed by atoms with E-state index in [0.717, 1.165) is 0 Å². The van der Waals surface area contributed by atoms with Crippen LogP contribution in [-0.4, -0.2) is 25.0 Å². The Kier molecular flexibility index (Phi) is 2.93. The van der Waals surface area contributed by atoms with E-state index in [1.807, 2.05) is 0 Å². The number of amides is 1. The van der Waals surface area contributed by atoms with E-state index in [1.54, 1.807) is 11.4 Å². The molecule has 6 heteroatoms. The highest BCUT2D eigenvalue weighted by atomic mass is 32.1. The molecule has 0 aromatic carbocycles. The fraction of sp³-hybridized carbons (Fsp3) is 0.400. The summed E-state index contributed by atoms with van der Waals surface area (Å²) in [7, 11) is 1.31. The quantitative estimate of drug-likeness (QED) is 0.766. The molecule has 1 aromatic rings. The molecule has 2 rings (SSSR count). The maximum absolute atomic E-state index is 11.6. The first-order valence-electron chi connectivity index (χ1n) is 4.85. The van der Waals surface area contributed by atoms with Gasteiger partial charge >= 0.3 is 5.97 Å². The number of hydrogen-bond donors (Lipinski definition) is 2. The van der Waals surface area contributed by atoms with Gasteiger partial charge in [-0.2, -0.15) is 0 Å². The fourth-order valence-electron chi connectivity index (χ4n) is 1.40. The Morgan fingerprint density at radius 3 is 2.88 bits per heavy atom. The van der Waals surface area contributed by atoms with E-state index >= 15 is 0 Å². The van der Waals surface area contributed by atoms with Gasteiger partial charge in [0, 0.05) is 6.04 Å². The predicted octanol–water partition coefficient (Wildman–Crippen LogP) is 0.820. The van der Waals surface area contributed by atoms with Gasteiger partial charge in [0.15, 0.2) is 0 Å². The summed E-state index contributed by atoms with van der Waals surface area (Å²) in [4.78, 5) is 23.4. The van der Waals surface area contributed by atoms with E-state index < -0.39 is 5.97 Å². The van der Waals surface area contributed by atoms with Crippen LogP contribution in [0.4, 0.5) is 5.69 Å². The lowest BCUT2D eigenvalue weighted by Crippen LogP contribution is -2.19. The molecular weight excluding hydrogens is 228 g/mol. The fourth-order valence-corrected chi connectivity index (χ4v) is 2.17. The Morgan fingerprint density at radius 2 is 2.31 bits per heavy atom. The molecular formula is C10H12N2O3S. The van der Waals surface area contributed by atoms with Gasteiger partial charge in [-0.15, -0.1) is 11.3 Å². The van der Waals surface area contributed by atoms with Gasteiger partial charge in [-0.05, 0) is 17.9 Å². The molecule has 1 aromatic heterocycles. The molecule has 1 amide bonds. The standard InChI is InChI=1S/C10H12N2O3S/c1-15-10(14)8-7(2-3-16-8)12-9(13)5-4-6(5)11/h2-3,5-6H,4,11H2,1H3,(H,12,13). The number of rotatable bonds is 3. The Hall–Kier alpha value is -1.40. The second-order valence-corrected chi connectivity index (χ2v) is 4.57. The average molecular weight is 240 g/mol. The summed E-state index contributed by atoms with van der Waals surface area (Å²) in [5.74, 6) is -0.688. The second kappa shape index (κ2) is 4.23. The molecule has 0 saturated heterocycles. The van der Waals surface area contributed by atoms with Gasteiger partial charge < -0.3 is 15.8 Å². The molecule has 1 saturated carbocycles. The smallest absolute Gasteiger partial charge is 0.350 e. The lowest BCUT2D eigenvalue weighted by atomic mass is 10.3. The third kappa shape index (κ3) is 2.07. The van der Waals surface area contributed by atoms with Crippen molar-refractivity contribution >= 4 is 28.9 Å². The summed E-state index contributed by atoms with van der Waals surface area (Å²) in [6, 6.07) is 1.64. The highest BCUT2D eigenvalue weighted by Gasteiger charge is 2.40. The number of nitrogens with two attached hydrogens (primary N) is 1. The number of esters is 1. The van der Waals surface area contributed by atoms with Crippen LogP contribution in [0.15, 0.2) is 11.4 Å². The van der Waals surface area contributed by atoms with Crippen LogP contribution in [0, 0.1) is 5.92 Å². The third-order valence-corrected chi connectivity index (χ3v) is 3.36. The van der Waals surface area contributed by atoms with Crippen molar-refractivity contribution in [3.8, 4) is 0 Å². The molecule has 16 heavy (non-hydrogen) atoms. The number of anilines is 1. The molecule has 1 aliphatic carbocycles. The maximum Gasteiger partial charge on any atom is 0.350 e. The molecule has 0 bridgehead atoms. The zero-order valence-corrected chi connectivity index (χ0v) is 9.54. The molecule has 1 fully saturated rings. The molecule has 2 unspecified atom stereocenters. The van der Waals surface area contributed by atoms with Crippen molar-refractivity contribution in [2.24, 2.45) is 11.7 Å². The number of carbonyl (C=O) groups is 2. The van der Waals surface area contributed by atoms with Gasteiger partial charge in [-0.25, -0.2) is 4.79 Å². The van der Waals surface area contributed by atoms with Crippen LogP contribution in [0.5, 0.6) is 0 Å².